The Bertz CT molecular complexity index is 1130. The van der Waals surface area contributed by atoms with Crippen LogP contribution in [0.15, 0.2) is 91.0 Å². The lowest BCUT2D eigenvalue weighted by Gasteiger charge is -2.15. The maximum absolute atomic E-state index is 14.0. The molecule has 0 radical (unpaired) electrons. The van der Waals surface area contributed by atoms with Gasteiger partial charge < -0.3 is 15.2 Å². The molecule has 0 aliphatic carbocycles. The van der Waals surface area contributed by atoms with Crippen molar-refractivity contribution < 1.29 is 13.9 Å². The molecule has 4 aromatic rings. The Morgan fingerprint density at radius 1 is 0.710 bits per heavy atom. The number of aromatic nitrogens is 1. The van der Waals surface area contributed by atoms with Gasteiger partial charge in [0.05, 0.1) is 0 Å². The second-order valence-corrected chi connectivity index (χ2v) is 7.06. The summed E-state index contributed by atoms with van der Waals surface area (Å²) in [5.74, 6) is 0.460. The highest BCUT2D eigenvalue weighted by atomic mass is 19.1. The number of pyridine rings is 1. The molecule has 0 unspecified atom stereocenters. The van der Waals surface area contributed by atoms with Crippen molar-refractivity contribution in [3.05, 3.63) is 114 Å². The minimum atomic E-state index is -0.342. The van der Waals surface area contributed by atoms with Gasteiger partial charge in [0.2, 0.25) is 11.8 Å². The fraction of sp³-hybridized carbons (Fsp3) is 0.115. The summed E-state index contributed by atoms with van der Waals surface area (Å²) >= 11 is 0. The minimum Gasteiger partial charge on any atom is -0.473 e. The molecule has 1 heterocycles. The molecule has 5 heteroatoms. The van der Waals surface area contributed by atoms with Crippen molar-refractivity contribution >= 4 is 0 Å². The second-order valence-electron chi connectivity index (χ2n) is 7.06. The molecule has 4 rings (SSSR count). The molecule has 0 aliphatic heterocycles. The van der Waals surface area contributed by atoms with Gasteiger partial charge in [-0.05, 0) is 40.5 Å². The Labute approximate surface area is 181 Å². The van der Waals surface area contributed by atoms with Crippen LogP contribution >= 0.6 is 0 Å². The zero-order valence-corrected chi connectivity index (χ0v) is 17.0. The largest absolute Gasteiger partial charge is 0.473 e. The fourth-order valence-electron chi connectivity index (χ4n) is 3.25. The summed E-state index contributed by atoms with van der Waals surface area (Å²) in [6, 6.07) is 27.8. The summed E-state index contributed by atoms with van der Waals surface area (Å²) in [5, 5.41) is 0. The topological polar surface area (TPSA) is 57.4 Å². The van der Waals surface area contributed by atoms with E-state index in [9.17, 15) is 4.39 Å². The first-order chi connectivity index (χ1) is 15.2. The van der Waals surface area contributed by atoms with E-state index in [0.717, 1.165) is 16.7 Å². The van der Waals surface area contributed by atoms with Crippen molar-refractivity contribution in [1.29, 1.82) is 0 Å². The van der Waals surface area contributed by atoms with E-state index in [1.165, 1.54) is 12.1 Å². The van der Waals surface area contributed by atoms with Gasteiger partial charge in [-0.25, -0.2) is 4.39 Å². The standard InChI is InChI=1S/C26H23FN2O2/c27-22-12-11-21(16-28)24(15-22)23-13-14-25(30-17-19-7-3-1-4-8-19)29-26(23)31-18-20-9-5-2-6-10-20/h1-15H,16-18,28H2. The predicted molar refractivity (Wildman–Crippen MR) is 119 cm³/mol. The molecule has 2 N–H and O–H groups in total. The molecule has 0 fully saturated rings. The third kappa shape index (κ3) is 5.27. The number of ether oxygens (including phenoxy) is 2. The number of hydrogen-bond acceptors (Lipinski definition) is 4. The van der Waals surface area contributed by atoms with Crippen LogP contribution in [0.3, 0.4) is 0 Å². The highest BCUT2D eigenvalue weighted by Gasteiger charge is 2.15. The molecule has 0 saturated carbocycles. The van der Waals surface area contributed by atoms with Gasteiger partial charge in [-0.3, -0.25) is 0 Å². The van der Waals surface area contributed by atoms with E-state index >= 15 is 0 Å². The number of halogens is 1. The number of rotatable bonds is 8. The van der Waals surface area contributed by atoms with Crippen molar-refractivity contribution in [2.75, 3.05) is 0 Å². The number of nitrogens with zero attached hydrogens (tertiary/aromatic N) is 1. The first-order valence-electron chi connectivity index (χ1n) is 10.1. The Kier molecular flexibility index (Phi) is 6.55. The molecule has 31 heavy (non-hydrogen) atoms. The molecule has 4 nitrogen and oxygen atoms in total. The van der Waals surface area contributed by atoms with Gasteiger partial charge >= 0.3 is 0 Å². The van der Waals surface area contributed by atoms with Crippen LogP contribution in [0.1, 0.15) is 16.7 Å². The van der Waals surface area contributed by atoms with Gasteiger partial charge in [0, 0.05) is 18.2 Å². The van der Waals surface area contributed by atoms with E-state index < -0.39 is 0 Å². The van der Waals surface area contributed by atoms with Gasteiger partial charge in [-0.15, -0.1) is 0 Å². The van der Waals surface area contributed by atoms with Crippen molar-refractivity contribution in [2.45, 2.75) is 19.8 Å². The third-order valence-electron chi connectivity index (χ3n) is 4.86. The summed E-state index contributed by atoms with van der Waals surface area (Å²) < 4.78 is 25.9. The van der Waals surface area contributed by atoms with E-state index in [4.69, 9.17) is 15.2 Å². The first-order valence-corrected chi connectivity index (χ1v) is 10.1. The van der Waals surface area contributed by atoms with Crippen molar-refractivity contribution in [1.82, 2.24) is 4.98 Å². The molecule has 0 atom stereocenters. The molecular formula is C26H23FN2O2. The van der Waals surface area contributed by atoms with Crippen molar-refractivity contribution in [2.24, 2.45) is 5.73 Å². The Balaban J connectivity index is 1.65. The molecule has 0 saturated heterocycles. The Morgan fingerprint density at radius 3 is 2.00 bits per heavy atom. The Morgan fingerprint density at radius 2 is 1.35 bits per heavy atom. The van der Waals surface area contributed by atoms with Crippen LogP contribution in [-0.2, 0) is 19.8 Å². The van der Waals surface area contributed by atoms with E-state index in [1.54, 1.807) is 12.1 Å². The maximum atomic E-state index is 14.0. The van der Waals surface area contributed by atoms with Gasteiger partial charge in [0.15, 0.2) is 0 Å². The second kappa shape index (κ2) is 9.87. The molecule has 0 bridgehead atoms. The van der Waals surface area contributed by atoms with E-state index in [-0.39, 0.29) is 12.4 Å². The molecular weight excluding hydrogens is 391 g/mol. The minimum absolute atomic E-state index is 0.278. The van der Waals surface area contributed by atoms with Crippen LogP contribution in [0.5, 0.6) is 11.8 Å². The highest BCUT2D eigenvalue weighted by molar-refractivity contribution is 5.72. The van der Waals surface area contributed by atoms with Crippen LogP contribution in [0.4, 0.5) is 4.39 Å². The molecule has 156 valence electrons. The molecule has 0 spiro atoms. The van der Waals surface area contributed by atoms with Crippen LogP contribution < -0.4 is 15.2 Å². The van der Waals surface area contributed by atoms with Gasteiger partial charge in [-0.2, -0.15) is 4.98 Å². The van der Waals surface area contributed by atoms with E-state index in [2.05, 4.69) is 4.98 Å². The molecule has 3 aromatic carbocycles. The average molecular weight is 414 g/mol. The van der Waals surface area contributed by atoms with Crippen molar-refractivity contribution in [3.63, 3.8) is 0 Å². The number of benzene rings is 3. The van der Waals surface area contributed by atoms with Crippen LogP contribution in [-0.4, -0.2) is 4.98 Å². The lowest BCUT2D eigenvalue weighted by molar-refractivity contribution is 0.268. The third-order valence-corrected chi connectivity index (χ3v) is 4.86. The van der Waals surface area contributed by atoms with Crippen molar-refractivity contribution in [3.8, 4) is 22.9 Å². The lowest BCUT2D eigenvalue weighted by Crippen LogP contribution is -2.04. The summed E-state index contributed by atoms with van der Waals surface area (Å²) in [7, 11) is 0. The number of nitrogens with two attached hydrogens (primary N) is 1. The zero-order valence-electron chi connectivity index (χ0n) is 17.0. The molecule has 1 aromatic heterocycles. The summed E-state index contributed by atoms with van der Waals surface area (Å²) in [5.41, 5.74) is 10.1. The maximum Gasteiger partial charge on any atom is 0.225 e. The monoisotopic (exact) mass is 414 g/mol. The summed E-state index contributed by atoms with van der Waals surface area (Å²) in [6.07, 6.45) is 0. The molecule has 0 amide bonds. The van der Waals surface area contributed by atoms with Crippen LogP contribution in [0, 0.1) is 5.82 Å². The van der Waals surface area contributed by atoms with Gasteiger partial charge in [0.1, 0.15) is 19.0 Å². The zero-order chi connectivity index (χ0) is 21.5. The smallest absolute Gasteiger partial charge is 0.225 e. The van der Waals surface area contributed by atoms with Gasteiger partial charge in [-0.1, -0.05) is 66.7 Å². The highest BCUT2D eigenvalue weighted by Crippen LogP contribution is 2.34. The first kappa shape index (κ1) is 20.6. The van der Waals surface area contributed by atoms with Gasteiger partial charge in [0.25, 0.3) is 0 Å². The Hall–Kier alpha value is -3.70. The van der Waals surface area contributed by atoms with E-state index in [1.807, 2.05) is 66.7 Å². The lowest BCUT2D eigenvalue weighted by atomic mass is 10.0. The molecule has 0 aliphatic rings. The van der Waals surface area contributed by atoms with Crippen LogP contribution in [0.2, 0.25) is 0 Å². The van der Waals surface area contributed by atoms with Crippen LogP contribution in [0.25, 0.3) is 11.1 Å². The normalized spacial score (nSPS) is 10.6. The number of hydrogen-bond donors (Lipinski definition) is 1. The SMILES string of the molecule is NCc1ccc(F)cc1-c1ccc(OCc2ccccc2)nc1OCc1ccccc1. The fourth-order valence-corrected chi connectivity index (χ4v) is 3.25. The predicted octanol–water partition coefficient (Wildman–Crippen LogP) is 5.50. The summed E-state index contributed by atoms with van der Waals surface area (Å²) in [6.45, 7) is 0.996. The van der Waals surface area contributed by atoms with E-state index in [0.29, 0.717) is 36.1 Å². The summed E-state index contributed by atoms with van der Waals surface area (Å²) in [4.78, 5) is 4.58. The quantitative estimate of drug-likeness (QED) is 0.413. The average Bonchev–Trinajstić information content (AvgIpc) is 2.83.